The number of halogens is 2. The zero-order valence-electron chi connectivity index (χ0n) is 16.8. The summed E-state index contributed by atoms with van der Waals surface area (Å²) in [6.07, 6.45) is 9.90. The zero-order valence-corrected chi connectivity index (χ0v) is 16.8. The topological polar surface area (TPSA) is 0 Å². The van der Waals surface area contributed by atoms with Crippen LogP contribution in [0.1, 0.15) is 85.1 Å². The standard InChI is InChI=1S/C26H30F2/c1-3-17-5-8-19(9-6-17)23-15-24(27)26(25(28)16-23)22-12-11-20-13-18(4-2)7-10-21(20)14-22/h4,7,10,13,15-17,19,22H,2-3,5-6,8-9,11-12,14H2,1H3. The molecule has 28 heavy (non-hydrogen) atoms. The van der Waals surface area contributed by atoms with E-state index in [1.807, 2.05) is 12.1 Å². The molecular formula is C26H30F2. The van der Waals surface area contributed by atoms with Crippen molar-refractivity contribution < 1.29 is 8.78 Å². The lowest BCUT2D eigenvalue weighted by molar-refractivity contribution is 0.317. The average Bonchev–Trinajstić information content (AvgIpc) is 2.72. The molecule has 148 valence electrons. The molecule has 4 rings (SSSR count). The SMILES string of the molecule is C=Cc1ccc2c(c1)CCC(c1c(F)cc(C3CCC(CC)CC3)cc1F)C2. The first-order valence-electron chi connectivity index (χ1n) is 10.8. The second-order valence-corrected chi connectivity index (χ2v) is 8.70. The van der Waals surface area contributed by atoms with Gasteiger partial charge in [0, 0.05) is 5.56 Å². The summed E-state index contributed by atoms with van der Waals surface area (Å²) >= 11 is 0. The summed E-state index contributed by atoms with van der Waals surface area (Å²) in [6.45, 7) is 6.06. The fourth-order valence-corrected chi connectivity index (χ4v) is 5.28. The highest BCUT2D eigenvalue weighted by Crippen LogP contribution is 2.40. The van der Waals surface area contributed by atoms with E-state index in [4.69, 9.17) is 0 Å². The summed E-state index contributed by atoms with van der Waals surface area (Å²) < 4.78 is 30.1. The van der Waals surface area contributed by atoms with E-state index in [0.717, 1.165) is 42.7 Å². The summed E-state index contributed by atoms with van der Waals surface area (Å²) in [7, 11) is 0. The van der Waals surface area contributed by atoms with Crippen molar-refractivity contribution >= 4 is 6.08 Å². The molecule has 0 aliphatic heterocycles. The molecule has 1 atom stereocenters. The van der Waals surface area contributed by atoms with Crippen LogP contribution in [0.3, 0.4) is 0 Å². The molecule has 1 saturated carbocycles. The Balaban J connectivity index is 1.55. The third-order valence-electron chi connectivity index (χ3n) is 7.10. The van der Waals surface area contributed by atoms with Crippen molar-refractivity contribution in [3.05, 3.63) is 76.4 Å². The van der Waals surface area contributed by atoms with Crippen LogP contribution in [0.2, 0.25) is 0 Å². The Morgan fingerprint density at radius 1 is 0.929 bits per heavy atom. The number of rotatable bonds is 4. The Labute approximate surface area is 167 Å². The zero-order chi connectivity index (χ0) is 19.7. The smallest absolute Gasteiger partial charge is 0.129 e. The first kappa shape index (κ1) is 19.4. The lowest BCUT2D eigenvalue weighted by Gasteiger charge is -2.29. The van der Waals surface area contributed by atoms with Crippen LogP contribution in [0.4, 0.5) is 8.78 Å². The number of hydrogen-bond acceptors (Lipinski definition) is 0. The minimum atomic E-state index is -0.344. The fraction of sp³-hybridized carbons (Fsp3) is 0.462. The maximum absolute atomic E-state index is 15.0. The second kappa shape index (κ2) is 8.19. The predicted molar refractivity (Wildman–Crippen MR) is 113 cm³/mol. The predicted octanol–water partition coefficient (Wildman–Crippen LogP) is 7.56. The lowest BCUT2D eigenvalue weighted by Crippen LogP contribution is -2.17. The van der Waals surface area contributed by atoms with E-state index in [1.54, 1.807) is 12.1 Å². The second-order valence-electron chi connectivity index (χ2n) is 8.70. The monoisotopic (exact) mass is 380 g/mol. The Bertz CT molecular complexity index is 836. The first-order chi connectivity index (χ1) is 13.6. The Morgan fingerprint density at radius 3 is 2.29 bits per heavy atom. The van der Waals surface area contributed by atoms with Gasteiger partial charge < -0.3 is 0 Å². The summed E-state index contributed by atoms with van der Waals surface area (Å²) in [5, 5.41) is 0. The van der Waals surface area contributed by atoms with Gasteiger partial charge in [0.15, 0.2) is 0 Å². The van der Waals surface area contributed by atoms with Crippen molar-refractivity contribution in [2.45, 2.75) is 70.1 Å². The molecule has 0 spiro atoms. The highest BCUT2D eigenvalue weighted by Gasteiger charge is 2.28. The summed E-state index contributed by atoms with van der Waals surface area (Å²) in [5.41, 5.74) is 4.77. The van der Waals surface area contributed by atoms with Crippen LogP contribution in [0.15, 0.2) is 36.9 Å². The van der Waals surface area contributed by atoms with Gasteiger partial charge in [0.1, 0.15) is 11.6 Å². The van der Waals surface area contributed by atoms with Gasteiger partial charge in [0.05, 0.1) is 0 Å². The molecule has 0 heterocycles. The van der Waals surface area contributed by atoms with Crippen LogP contribution in [-0.4, -0.2) is 0 Å². The molecule has 0 nitrogen and oxygen atoms in total. The van der Waals surface area contributed by atoms with Gasteiger partial charge in [-0.25, -0.2) is 8.78 Å². The fourth-order valence-electron chi connectivity index (χ4n) is 5.28. The third kappa shape index (κ3) is 3.79. The molecule has 0 amide bonds. The van der Waals surface area contributed by atoms with E-state index >= 15 is 8.78 Å². The molecule has 2 aliphatic carbocycles. The molecule has 0 N–H and O–H groups in total. The van der Waals surface area contributed by atoms with E-state index < -0.39 is 0 Å². The quantitative estimate of drug-likeness (QED) is 0.513. The van der Waals surface area contributed by atoms with Crippen LogP contribution in [0.5, 0.6) is 0 Å². The Kier molecular flexibility index (Phi) is 5.66. The molecule has 1 unspecified atom stereocenters. The molecule has 0 saturated heterocycles. The summed E-state index contributed by atoms with van der Waals surface area (Å²) in [5.74, 6) is 0.332. The van der Waals surface area contributed by atoms with Crippen molar-refractivity contribution in [1.29, 1.82) is 0 Å². The van der Waals surface area contributed by atoms with E-state index in [9.17, 15) is 0 Å². The van der Waals surface area contributed by atoms with Gasteiger partial charge in [-0.3, -0.25) is 0 Å². The molecular weight excluding hydrogens is 350 g/mol. The Hall–Kier alpha value is -1.96. The van der Waals surface area contributed by atoms with Gasteiger partial charge in [0.2, 0.25) is 0 Å². The molecule has 0 radical (unpaired) electrons. The van der Waals surface area contributed by atoms with Crippen LogP contribution < -0.4 is 0 Å². The normalized spacial score (nSPS) is 24.6. The third-order valence-corrected chi connectivity index (χ3v) is 7.10. The van der Waals surface area contributed by atoms with E-state index in [0.29, 0.717) is 17.9 Å². The lowest BCUT2D eigenvalue weighted by atomic mass is 9.76. The Morgan fingerprint density at radius 2 is 1.64 bits per heavy atom. The van der Waals surface area contributed by atoms with Crippen molar-refractivity contribution in [3.63, 3.8) is 0 Å². The van der Waals surface area contributed by atoms with Crippen molar-refractivity contribution in [2.24, 2.45) is 5.92 Å². The minimum absolute atomic E-state index is 0.0769. The molecule has 2 aromatic rings. The van der Waals surface area contributed by atoms with Crippen LogP contribution in [0, 0.1) is 17.6 Å². The molecule has 0 aromatic heterocycles. The van der Waals surface area contributed by atoms with Crippen LogP contribution >= 0.6 is 0 Å². The summed E-state index contributed by atoms with van der Waals surface area (Å²) in [4.78, 5) is 0. The highest BCUT2D eigenvalue weighted by molar-refractivity contribution is 5.51. The number of fused-ring (bicyclic) bond motifs is 1. The number of hydrogen-bond donors (Lipinski definition) is 0. The molecule has 1 fully saturated rings. The van der Waals surface area contributed by atoms with Crippen LogP contribution in [-0.2, 0) is 12.8 Å². The van der Waals surface area contributed by atoms with E-state index in [2.05, 4.69) is 25.6 Å². The van der Waals surface area contributed by atoms with Gasteiger partial charge in [-0.2, -0.15) is 0 Å². The summed E-state index contributed by atoms with van der Waals surface area (Å²) in [6, 6.07) is 9.55. The molecule has 2 heteroatoms. The first-order valence-corrected chi connectivity index (χ1v) is 10.8. The molecule has 0 bridgehead atoms. The highest BCUT2D eigenvalue weighted by atomic mass is 19.1. The number of benzene rings is 2. The van der Waals surface area contributed by atoms with Gasteiger partial charge in [-0.15, -0.1) is 0 Å². The number of aryl methyl sites for hydroxylation is 1. The molecule has 2 aliphatic rings. The van der Waals surface area contributed by atoms with Gasteiger partial charge >= 0.3 is 0 Å². The van der Waals surface area contributed by atoms with E-state index in [1.165, 1.54) is 30.4 Å². The maximum Gasteiger partial charge on any atom is 0.129 e. The average molecular weight is 381 g/mol. The largest absolute Gasteiger partial charge is 0.207 e. The van der Waals surface area contributed by atoms with E-state index in [-0.39, 0.29) is 17.6 Å². The van der Waals surface area contributed by atoms with Crippen molar-refractivity contribution in [2.75, 3.05) is 0 Å². The van der Waals surface area contributed by atoms with Crippen LogP contribution in [0.25, 0.3) is 6.08 Å². The van der Waals surface area contributed by atoms with Crippen molar-refractivity contribution in [1.82, 2.24) is 0 Å². The van der Waals surface area contributed by atoms with Gasteiger partial charge in [-0.05, 0) is 97.1 Å². The van der Waals surface area contributed by atoms with Gasteiger partial charge in [0.25, 0.3) is 0 Å². The molecule has 2 aromatic carbocycles. The van der Waals surface area contributed by atoms with Gasteiger partial charge in [-0.1, -0.05) is 44.2 Å². The maximum atomic E-state index is 15.0. The van der Waals surface area contributed by atoms with Crippen molar-refractivity contribution in [3.8, 4) is 0 Å². The minimum Gasteiger partial charge on any atom is -0.207 e.